The highest BCUT2D eigenvalue weighted by molar-refractivity contribution is 4.95. The first kappa shape index (κ1) is 13.2. The average molecular weight is 240 g/mol. The second kappa shape index (κ2) is 5.46. The first-order chi connectivity index (χ1) is 7.45. The number of halogens is 4. The molecular formula is C9H12F4N2O. The van der Waals surface area contributed by atoms with Crippen molar-refractivity contribution in [3.8, 4) is 6.07 Å². The molecule has 1 aliphatic rings. The van der Waals surface area contributed by atoms with Crippen LogP contribution in [0.2, 0.25) is 0 Å². The van der Waals surface area contributed by atoms with Gasteiger partial charge in [0.2, 0.25) is 0 Å². The maximum Gasteiger partial charge on any atom is 0.330 e. The molecule has 92 valence electrons. The topological polar surface area (TPSA) is 45.0 Å². The fraction of sp³-hybridized carbons (Fsp3) is 0.889. The number of nitriles is 1. The third kappa shape index (κ3) is 4.33. The van der Waals surface area contributed by atoms with Crippen molar-refractivity contribution in [2.75, 3.05) is 13.2 Å². The maximum atomic E-state index is 12.4. The van der Waals surface area contributed by atoms with Crippen LogP contribution >= 0.6 is 0 Å². The lowest BCUT2D eigenvalue weighted by atomic mass is 10.3. The lowest BCUT2D eigenvalue weighted by Gasteiger charge is -2.17. The predicted octanol–water partition coefficient (Wildman–Crippen LogP) is 1.55. The van der Waals surface area contributed by atoms with Gasteiger partial charge in [-0.2, -0.15) is 14.0 Å². The molecule has 1 atom stereocenters. The molecule has 0 heterocycles. The van der Waals surface area contributed by atoms with Crippen LogP contribution in [0.3, 0.4) is 0 Å². The Labute approximate surface area is 90.4 Å². The Kier molecular flexibility index (Phi) is 4.50. The van der Waals surface area contributed by atoms with E-state index in [9.17, 15) is 17.6 Å². The van der Waals surface area contributed by atoms with E-state index < -0.39 is 25.0 Å². The van der Waals surface area contributed by atoms with E-state index in [2.05, 4.69) is 10.1 Å². The molecule has 0 aromatic rings. The molecular weight excluding hydrogens is 228 g/mol. The molecule has 1 unspecified atom stereocenters. The quantitative estimate of drug-likeness (QED) is 0.687. The van der Waals surface area contributed by atoms with Crippen LogP contribution in [0.1, 0.15) is 12.8 Å². The van der Waals surface area contributed by atoms with Gasteiger partial charge in [0.15, 0.2) is 0 Å². The third-order valence-electron chi connectivity index (χ3n) is 2.07. The zero-order valence-electron chi connectivity index (χ0n) is 8.43. The van der Waals surface area contributed by atoms with Gasteiger partial charge < -0.3 is 4.74 Å². The van der Waals surface area contributed by atoms with Gasteiger partial charge in [-0.05, 0) is 12.8 Å². The molecule has 0 bridgehead atoms. The van der Waals surface area contributed by atoms with Gasteiger partial charge in [0.1, 0.15) is 12.6 Å². The molecule has 1 N–H and O–H groups in total. The Morgan fingerprint density at radius 2 is 2.06 bits per heavy atom. The second-order valence-electron chi connectivity index (χ2n) is 3.70. The van der Waals surface area contributed by atoms with Gasteiger partial charge in [-0.25, -0.2) is 8.78 Å². The number of hydrogen-bond acceptors (Lipinski definition) is 3. The van der Waals surface area contributed by atoms with Crippen molar-refractivity contribution in [2.45, 2.75) is 37.3 Å². The van der Waals surface area contributed by atoms with Crippen LogP contribution in [0.5, 0.6) is 0 Å². The Balaban J connectivity index is 2.19. The van der Waals surface area contributed by atoms with E-state index in [-0.39, 0.29) is 12.6 Å². The summed E-state index contributed by atoms with van der Waals surface area (Å²) >= 11 is 0. The SMILES string of the molecule is N#CC(COCC(F)(F)C(F)F)NC1CC1. The minimum atomic E-state index is -4.15. The average Bonchev–Trinajstić information content (AvgIpc) is 2.99. The van der Waals surface area contributed by atoms with Crippen LogP contribution < -0.4 is 5.32 Å². The van der Waals surface area contributed by atoms with Gasteiger partial charge in [0.25, 0.3) is 0 Å². The Morgan fingerprint density at radius 1 is 1.44 bits per heavy atom. The highest BCUT2D eigenvalue weighted by atomic mass is 19.3. The zero-order valence-corrected chi connectivity index (χ0v) is 8.43. The van der Waals surface area contributed by atoms with Gasteiger partial charge in [-0.1, -0.05) is 0 Å². The molecule has 7 heteroatoms. The molecule has 0 aromatic heterocycles. The van der Waals surface area contributed by atoms with Crippen molar-refractivity contribution >= 4 is 0 Å². The van der Waals surface area contributed by atoms with E-state index in [4.69, 9.17) is 5.26 Å². The van der Waals surface area contributed by atoms with Crippen molar-refractivity contribution in [3.63, 3.8) is 0 Å². The standard InChI is InChI=1S/C9H12F4N2O/c10-8(11)9(12,13)5-16-4-7(3-14)15-6-1-2-6/h6-8,15H,1-2,4-5H2. The summed E-state index contributed by atoms with van der Waals surface area (Å²) in [5.41, 5.74) is 0. The van der Waals surface area contributed by atoms with E-state index in [1.54, 1.807) is 0 Å². The number of nitrogens with one attached hydrogen (secondary N) is 1. The molecule has 16 heavy (non-hydrogen) atoms. The molecule has 1 rings (SSSR count). The van der Waals surface area contributed by atoms with Crippen LogP contribution in [-0.4, -0.2) is 37.6 Å². The van der Waals surface area contributed by atoms with Crippen LogP contribution in [0.25, 0.3) is 0 Å². The van der Waals surface area contributed by atoms with Crippen molar-refractivity contribution in [1.82, 2.24) is 5.32 Å². The van der Waals surface area contributed by atoms with Crippen molar-refractivity contribution < 1.29 is 22.3 Å². The minimum absolute atomic E-state index is 0.226. The van der Waals surface area contributed by atoms with Gasteiger partial charge >= 0.3 is 12.3 Å². The summed E-state index contributed by atoms with van der Waals surface area (Å²) in [7, 11) is 0. The maximum absolute atomic E-state index is 12.4. The molecule has 0 radical (unpaired) electrons. The summed E-state index contributed by atoms with van der Waals surface area (Å²) in [4.78, 5) is 0. The van der Waals surface area contributed by atoms with Crippen molar-refractivity contribution in [1.29, 1.82) is 5.26 Å². The van der Waals surface area contributed by atoms with E-state index in [1.165, 1.54) is 0 Å². The normalized spacial score (nSPS) is 18.5. The van der Waals surface area contributed by atoms with E-state index in [1.807, 2.05) is 6.07 Å². The molecule has 3 nitrogen and oxygen atoms in total. The lowest BCUT2D eigenvalue weighted by Crippen LogP contribution is -2.37. The second-order valence-corrected chi connectivity index (χ2v) is 3.70. The summed E-state index contributed by atoms with van der Waals surface area (Å²) < 4.78 is 52.7. The number of nitrogens with zero attached hydrogens (tertiary/aromatic N) is 1. The fourth-order valence-corrected chi connectivity index (χ4v) is 1.03. The fourth-order valence-electron chi connectivity index (χ4n) is 1.03. The lowest BCUT2D eigenvalue weighted by molar-refractivity contribution is -0.166. The summed E-state index contributed by atoms with van der Waals surface area (Å²) in [5, 5.41) is 11.5. The van der Waals surface area contributed by atoms with Gasteiger partial charge in [0, 0.05) is 6.04 Å². The van der Waals surface area contributed by atoms with E-state index >= 15 is 0 Å². The monoisotopic (exact) mass is 240 g/mol. The van der Waals surface area contributed by atoms with Crippen molar-refractivity contribution in [2.24, 2.45) is 0 Å². The van der Waals surface area contributed by atoms with Crippen molar-refractivity contribution in [3.05, 3.63) is 0 Å². The van der Waals surface area contributed by atoms with Crippen LogP contribution in [0, 0.1) is 11.3 Å². The summed E-state index contributed by atoms with van der Waals surface area (Å²) in [5.74, 6) is -4.15. The Hall–Kier alpha value is -0.870. The number of rotatable bonds is 7. The summed E-state index contributed by atoms with van der Waals surface area (Å²) in [6.45, 7) is -1.68. The largest absolute Gasteiger partial charge is 0.372 e. The highest BCUT2D eigenvalue weighted by Crippen LogP contribution is 2.23. The van der Waals surface area contributed by atoms with E-state index in [0.29, 0.717) is 0 Å². The first-order valence-corrected chi connectivity index (χ1v) is 4.85. The Bertz CT molecular complexity index is 263. The van der Waals surface area contributed by atoms with Gasteiger partial charge in [0.05, 0.1) is 12.7 Å². The Morgan fingerprint density at radius 3 is 2.50 bits per heavy atom. The van der Waals surface area contributed by atoms with Gasteiger partial charge in [-0.3, -0.25) is 5.32 Å². The molecule has 0 spiro atoms. The van der Waals surface area contributed by atoms with Crippen LogP contribution in [-0.2, 0) is 4.74 Å². The first-order valence-electron chi connectivity index (χ1n) is 4.85. The summed E-state index contributed by atoms with van der Waals surface area (Å²) in [6.07, 6.45) is -1.87. The molecule has 0 amide bonds. The molecule has 1 fully saturated rings. The molecule has 1 saturated carbocycles. The highest BCUT2D eigenvalue weighted by Gasteiger charge is 2.41. The molecule has 0 aromatic carbocycles. The molecule has 0 aliphatic heterocycles. The molecule has 1 aliphatic carbocycles. The molecule has 0 saturated heterocycles. The van der Waals surface area contributed by atoms with Crippen LogP contribution in [0.15, 0.2) is 0 Å². The third-order valence-corrected chi connectivity index (χ3v) is 2.07. The minimum Gasteiger partial charge on any atom is -0.372 e. The van der Waals surface area contributed by atoms with E-state index in [0.717, 1.165) is 12.8 Å². The smallest absolute Gasteiger partial charge is 0.330 e. The number of hydrogen-bond donors (Lipinski definition) is 1. The zero-order chi connectivity index (χ0) is 12.2. The van der Waals surface area contributed by atoms with Crippen LogP contribution in [0.4, 0.5) is 17.6 Å². The number of ether oxygens (including phenoxy) is 1. The summed E-state index contributed by atoms with van der Waals surface area (Å²) in [6, 6.07) is 1.32. The number of alkyl halides is 4. The predicted molar refractivity (Wildman–Crippen MR) is 47.3 cm³/mol. The van der Waals surface area contributed by atoms with Gasteiger partial charge in [-0.15, -0.1) is 0 Å².